The van der Waals surface area contributed by atoms with Crippen LogP contribution in [0.15, 0.2) is 42.5 Å². The second kappa shape index (κ2) is 9.14. The van der Waals surface area contributed by atoms with Crippen LogP contribution in [0.1, 0.15) is 69.8 Å². The third-order valence-corrected chi connectivity index (χ3v) is 8.23. The summed E-state index contributed by atoms with van der Waals surface area (Å²) in [4.78, 5) is 29.9. The van der Waals surface area contributed by atoms with Crippen molar-refractivity contribution in [3.8, 4) is 11.3 Å². The van der Waals surface area contributed by atoms with Crippen molar-refractivity contribution in [1.82, 2.24) is 25.3 Å². The van der Waals surface area contributed by atoms with E-state index in [1.807, 2.05) is 41.3 Å². The Bertz CT molecular complexity index is 1360. The van der Waals surface area contributed by atoms with E-state index in [0.717, 1.165) is 66.7 Å². The molecule has 6 rings (SSSR count). The number of amides is 2. The Labute approximate surface area is 218 Å². The van der Waals surface area contributed by atoms with Crippen molar-refractivity contribution in [2.75, 3.05) is 20.1 Å². The smallest absolute Gasteiger partial charge is 0.254 e. The van der Waals surface area contributed by atoms with Gasteiger partial charge in [-0.2, -0.15) is 5.10 Å². The fraction of sp³-hybridized carbons (Fsp3) is 0.433. The number of rotatable bonds is 5. The van der Waals surface area contributed by atoms with Crippen molar-refractivity contribution < 1.29 is 9.59 Å². The van der Waals surface area contributed by atoms with Crippen LogP contribution in [0.3, 0.4) is 0 Å². The highest BCUT2D eigenvalue weighted by atomic mass is 16.2. The second-order valence-corrected chi connectivity index (χ2v) is 11.8. The molecule has 7 heteroatoms. The highest BCUT2D eigenvalue weighted by Crippen LogP contribution is 2.38. The van der Waals surface area contributed by atoms with Gasteiger partial charge in [-0.3, -0.25) is 14.7 Å². The summed E-state index contributed by atoms with van der Waals surface area (Å²) in [5, 5.41) is 11.1. The highest BCUT2D eigenvalue weighted by molar-refractivity contribution is 5.99. The predicted octanol–water partition coefficient (Wildman–Crippen LogP) is 4.18. The van der Waals surface area contributed by atoms with Crippen molar-refractivity contribution >= 4 is 11.8 Å². The molecule has 3 aromatic rings. The number of H-pyrrole nitrogens is 1. The van der Waals surface area contributed by atoms with Gasteiger partial charge in [-0.05, 0) is 80.1 Å². The number of fused-ring (bicyclic) bond motifs is 2. The van der Waals surface area contributed by atoms with Gasteiger partial charge in [0.2, 0.25) is 0 Å². The summed E-state index contributed by atoms with van der Waals surface area (Å²) in [5.74, 6) is 0.0210. The molecule has 7 nitrogen and oxygen atoms in total. The maximum absolute atomic E-state index is 13.1. The normalized spacial score (nSPS) is 20.7. The molecule has 2 amide bonds. The molecule has 1 atom stereocenters. The first-order valence-corrected chi connectivity index (χ1v) is 13.3. The van der Waals surface area contributed by atoms with E-state index in [1.54, 1.807) is 0 Å². The van der Waals surface area contributed by atoms with Gasteiger partial charge in [0.15, 0.2) is 0 Å². The molecule has 2 aliphatic heterocycles. The number of carbonyl (C=O) groups excluding carboxylic acids is 2. The molecular weight excluding hydrogens is 462 g/mol. The Balaban J connectivity index is 1.13. The fourth-order valence-electron chi connectivity index (χ4n) is 6.05. The Hall–Kier alpha value is -3.45. The van der Waals surface area contributed by atoms with Crippen LogP contribution in [0.4, 0.5) is 0 Å². The third kappa shape index (κ3) is 4.68. The van der Waals surface area contributed by atoms with E-state index < -0.39 is 0 Å². The van der Waals surface area contributed by atoms with Gasteiger partial charge < -0.3 is 15.1 Å². The molecule has 0 radical (unpaired) electrons. The monoisotopic (exact) mass is 497 g/mol. The average Bonchev–Trinajstić information content (AvgIpc) is 3.55. The van der Waals surface area contributed by atoms with E-state index in [0.29, 0.717) is 24.1 Å². The molecular formula is C30H35N5O2. The number of hydrogen-bond acceptors (Lipinski definition) is 4. The van der Waals surface area contributed by atoms with Crippen molar-refractivity contribution in [2.45, 2.75) is 58.7 Å². The molecule has 3 heterocycles. The van der Waals surface area contributed by atoms with Crippen LogP contribution in [-0.4, -0.2) is 58.0 Å². The number of likely N-dealkylation sites (N-methyl/N-ethyl adjacent to an activating group) is 1. The number of likely N-dealkylation sites (tertiary alicyclic amines) is 1. The van der Waals surface area contributed by atoms with E-state index in [2.05, 4.69) is 47.4 Å². The van der Waals surface area contributed by atoms with Crippen molar-refractivity contribution in [3.63, 3.8) is 0 Å². The lowest BCUT2D eigenvalue weighted by molar-refractivity contribution is 0.0766. The van der Waals surface area contributed by atoms with Crippen LogP contribution in [-0.2, 0) is 25.9 Å². The molecule has 1 aromatic heterocycles. The molecule has 2 N–H and O–H groups in total. The van der Waals surface area contributed by atoms with Crippen LogP contribution in [0.2, 0.25) is 0 Å². The molecule has 1 fully saturated rings. The molecule has 192 valence electrons. The van der Waals surface area contributed by atoms with Crippen LogP contribution in [0.5, 0.6) is 0 Å². The summed E-state index contributed by atoms with van der Waals surface area (Å²) in [6.45, 7) is 7.63. The quantitative estimate of drug-likeness (QED) is 0.554. The van der Waals surface area contributed by atoms with Crippen LogP contribution in [0, 0.1) is 5.41 Å². The van der Waals surface area contributed by atoms with Gasteiger partial charge in [-0.15, -0.1) is 0 Å². The van der Waals surface area contributed by atoms with Gasteiger partial charge in [0.1, 0.15) is 0 Å². The zero-order valence-electron chi connectivity index (χ0n) is 21.9. The third-order valence-electron chi connectivity index (χ3n) is 8.23. The first-order chi connectivity index (χ1) is 17.8. The van der Waals surface area contributed by atoms with Gasteiger partial charge in [0, 0.05) is 53.6 Å². The number of carbonyl (C=O) groups is 2. The summed E-state index contributed by atoms with van der Waals surface area (Å²) in [5.41, 5.74) is 8.47. The lowest BCUT2D eigenvalue weighted by Gasteiger charge is -2.29. The summed E-state index contributed by atoms with van der Waals surface area (Å²) in [7, 11) is 2.07. The SMILES string of the molecule is CN1CC[C@@H](NC(=O)c2ccc(CN3Cc4cc(-c5n[nH]c6c5CCC(C)(C)C6)ccc4C3=O)cc2)C1. The van der Waals surface area contributed by atoms with Gasteiger partial charge in [0.05, 0.1) is 5.69 Å². The zero-order chi connectivity index (χ0) is 25.7. The van der Waals surface area contributed by atoms with E-state index in [4.69, 9.17) is 0 Å². The average molecular weight is 498 g/mol. The molecule has 1 aliphatic carbocycles. The minimum Gasteiger partial charge on any atom is -0.348 e. The summed E-state index contributed by atoms with van der Waals surface area (Å²) in [6.07, 6.45) is 4.19. The molecule has 2 aromatic carbocycles. The number of benzene rings is 2. The molecule has 0 unspecified atom stereocenters. The highest BCUT2D eigenvalue weighted by Gasteiger charge is 2.31. The molecule has 0 spiro atoms. The zero-order valence-corrected chi connectivity index (χ0v) is 21.9. The second-order valence-electron chi connectivity index (χ2n) is 11.8. The molecule has 0 saturated carbocycles. The minimum absolute atomic E-state index is 0.0341. The minimum atomic E-state index is -0.0341. The van der Waals surface area contributed by atoms with Gasteiger partial charge in [0.25, 0.3) is 11.8 Å². The Morgan fingerprint density at radius 2 is 2.00 bits per heavy atom. The first kappa shape index (κ1) is 23.9. The maximum atomic E-state index is 13.1. The summed E-state index contributed by atoms with van der Waals surface area (Å²) >= 11 is 0. The Morgan fingerprint density at radius 3 is 2.76 bits per heavy atom. The maximum Gasteiger partial charge on any atom is 0.254 e. The van der Waals surface area contributed by atoms with E-state index >= 15 is 0 Å². The number of nitrogens with zero attached hydrogens (tertiary/aromatic N) is 3. The van der Waals surface area contributed by atoms with Gasteiger partial charge in [-0.1, -0.05) is 32.0 Å². The number of hydrogen-bond donors (Lipinski definition) is 2. The van der Waals surface area contributed by atoms with Crippen molar-refractivity contribution in [1.29, 1.82) is 0 Å². The standard InChI is InChI=1S/C30H35N5O2/c1-30(2)12-10-25-26(15-30)32-33-27(25)21-8-9-24-22(14-21)17-35(29(24)37)16-19-4-6-20(7-5-19)28(36)31-23-11-13-34(3)18-23/h4-9,14,23H,10-13,15-18H2,1-3H3,(H,31,36)(H,32,33)/t23-/m1/s1. The van der Waals surface area contributed by atoms with E-state index in [-0.39, 0.29) is 17.9 Å². The lowest BCUT2D eigenvalue weighted by atomic mass is 9.76. The van der Waals surface area contributed by atoms with Crippen LogP contribution in [0.25, 0.3) is 11.3 Å². The predicted molar refractivity (Wildman–Crippen MR) is 143 cm³/mol. The van der Waals surface area contributed by atoms with Gasteiger partial charge in [-0.25, -0.2) is 0 Å². The Morgan fingerprint density at radius 1 is 1.19 bits per heavy atom. The van der Waals surface area contributed by atoms with Crippen molar-refractivity contribution in [3.05, 3.63) is 76.0 Å². The topological polar surface area (TPSA) is 81.3 Å². The summed E-state index contributed by atoms with van der Waals surface area (Å²) in [6, 6.07) is 14.0. The van der Waals surface area contributed by atoms with Crippen molar-refractivity contribution in [2.24, 2.45) is 5.41 Å². The molecule has 1 saturated heterocycles. The van der Waals surface area contributed by atoms with E-state index in [1.165, 1.54) is 11.3 Å². The molecule has 3 aliphatic rings. The van der Waals surface area contributed by atoms with E-state index in [9.17, 15) is 9.59 Å². The largest absolute Gasteiger partial charge is 0.348 e. The molecule has 37 heavy (non-hydrogen) atoms. The Kier molecular flexibility index (Phi) is 5.91. The van der Waals surface area contributed by atoms with Crippen LogP contribution >= 0.6 is 0 Å². The van der Waals surface area contributed by atoms with Crippen LogP contribution < -0.4 is 5.32 Å². The number of aromatic amines is 1. The number of aromatic nitrogens is 2. The molecule has 0 bridgehead atoms. The first-order valence-electron chi connectivity index (χ1n) is 13.3. The lowest BCUT2D eigenvalue weighted by Crippen LogP contribution is -2.36. The number of nitrogens with one attached hydrogen (secondary N) is 2. The fourth-order valence-corrected chi connectivity index (χ4v) is 6.05. The summed E-state index contributed by atoms with van der Waals surface area (Å²) < 4.78 is 0. The van der Waals surface area contributed by atoms with Gasteiger partial charge >= 0.3 is 0 Å².